The van der Waals surface area contributed by atoms with Gasteiger partial charge in [-0.2, -0.15) is 0 Å². The molecular formula is C27H23FN4O5. The molecule has 2 aromatic carbocycles. The number of hydrogen-bond donors (Lipinski definition) is 2. The predicted molar refractivity (Wildman–Crippen MR) is 131 cm³/mol. The molecule has 0 radical (unpaired) electrons. The van der Waals surface area contributed by atoms with E-state index in [4.69, 9.17) is 4.74 Å². The highest BCUT2D eigenvalue weighted by molar-refractivity contribution is 6.05. The zero-order valence-electron chi connectivity index (χ0n) is 19.9. The maximum Gasteiger partial charge on any atom is 0.412 e. The fraction of sp³-hybridized carbons (Fsp3) is 0.222. The summed E-state index contributed by atoms with van der Waals surface area (Å²) >= 11 is 0. The number of aryl methyl sites for hydroxylation is 1. The number of anilines is 1. The van der Waals surface area contributed by atoms with Crippen LogP contribution in [0, 0.1) is 12.7 Å². The van der Waals surface area contributed by atoms with E-state index in [1.165, 1.54) is 23.2 Å². The van der Waals surface area contributed by atoms with Gasteiger partial charge in [0.05, 0.1) is 24.1 Å². The number of piperidine rings is 1. The van der Waals surface area contributed by atoms with Crippen molar-refractivity contribution in [2.45, 2.75) is 39.0 Å². The molecule has 4 amide bonds. The number of rotatable bonds is 5. The van der Waals surface area contributed by atoms with Crippen LogP contribution in [0.5, 0.6) is 0 Å². The normalized spacial score (nSPS) is 16.9. The van der Waals surface area contributed by atoms with Crippen LogP contribution < -0.4 is 10.6 Å². The van der Waals surface area contributed by atoms with E-state index >= 15 is 0 Å². The van der Waals surface area contributed by atoms with Crippen LogP contribution in [0.2, 0.25) is 0 Å². The van der Waals surface area contributed by atoms with Crippen LogP contribution in [0.3, 0.4) is 0 Å². The number of aromatic nitrogens is 1. The van der Waals surface area contributed by atoms with Crippen LogP contribution in [0.1, 0.15) is 39.9 Å². The maximum absolute atomic E-state index is 14.8. The second-order valence-corrected chi connectivity index (χ2v) is 8.95. The topological polar surface area (TPSA) is 118 Å². The van der Waals surface area contributed by atoms with Gasteiger partial charge in [-0.3, -0.25) is 30.0 Å². The summed E-state index contributed by atoms with van der Waals surface area (Å²) in [6.45, 7) is 1.65. The molecule has 0 bridgehead atoms. The van der Waals surface area contributed by atoms with E-state index in [0.29, 0.717) is 5.69 Å². The molecule has 37 heavy (non-hydrogen) atoms. The van der Waals surface area contributed by atoms with Gasteiger partial charge >= 0.3 is 6.09 Å². The number of ether oxygens (including phenoxy) is 1. The predicted octanol–water partition coefficient (Wildman–Crippen LogP) is 3.71. The Kier molecular flexibility index (Phi) is 6.39. The molecule has 10 heteroatoms. The maximum atomic E-state index is 14.8. The van der Waals surface area contributed by atoms with Crippen molar-refractivity contribution in [2.24, 2.45) is 0 Å². The quantitative estimate of drug-likeness (QED) is 0.514. The van der Waals surface area contributed by atoms with Gasteiger partial charge in [0.25, 0.3) is 5.91 Å². The van der Waals surface area contributed by atoms with Gasteiger partial charge in [0.2, 0.25) is 11.8 Å². The molecule has 0 saturated carbocycles. The molecule has 188 valence electrons. The Morgan fingerprint density at radius 1 is 1.16 bits per heavy atom. The fourth-order valence-corrected chi connectivity index (χ4v) is 4.55. The third kappa shape index (κ3) is 4.90. The molecule has 2 N–H and O–H groups in total. The monoisotopic (exact) mass is 502 g/mol. The minimum absolute atomic E-state index is 0.0700. The smallest absolute Gasteiger partial charge is 0.412 e. The van der Waals surface area contributed by atoms with Crippen molar-refractivity contribution in [3.63, 3.8) is 0 Å². The van der Waals surface area contributed by atoms with Crippen molar-refractivity contribution < 1.29 is 28.3 Å². The lowest BCUT2D eigenvalue weighted by molar-refractivity contribution is -0.136. The number of pyridine rings is 1. The first-order chi connectivity index (χ1) is 17.8. The number of amides is 4. The third-order valence-corrected chi connectivity index (χ3v) is 6.46. The first kappa shape index (κ1) is 24.1. The van der Waals surface area contributed by atoms with Gasteiger partial charge in [-0.1, -0.05) is 24.3 Å². The largest absolute Gasteiger partial charge is 0.444 e. The summed E-state index contributed by atoms with van der Waals surface area (Å²) in [5.41, 5.74) is 3.83. The average molecular weight is 503 g/mol. The summed E-state index contributed by atoms with van der Waals surface area (Å²) in [4.78, 5) is 54.5. The van der Waals surface area contributed by atoms with Gasteiger partial charge in [-0.05, 0) is 48.7 Å². The molecule has 1 fully saturated rings. The van der Waals surface area contributed by atoms with E-state index in [-0.39, 0.29) is 42.7 Å². The van der Waals surface area contributed by atoms with Crippen LogP contribution in [-0.2, 0) is 27.5 Å². The van der Waals surface area contributed by atoms with Gasteiger partial charge in [0.15, 0.2) is 0 Å². The highest BCUT2D eigenvalue weighted by Gasteiger charge is 2.40. The Hall–Kier alpha value is -4.60. The third-order valence-electron chi connectivity index (χ3n) is 6.46. The lowest BCUT2D eigenvalue weighted by Gasteiger charge is -2.29. The molecule has 2 aliphatic heterocycles. The van der Waals surface area contributed by atoms with Gasteiger partial charge < -0.3 is 9.64 Å². The number of carbonyl (C=O) groups is 4. The van der Waals surface area contributed by atoms with Crippen molar-refractivity contribution in [3.8, 4) is 11.3 Å². The summed E-state index contributed by atoms with van der Waals surface area (Å²) in [7, 11) is 0. The van der Waals surface area contributed by atoms with E-state index < -0.39 is 35.7 Å². The van der Waals surface area contributed by atoms with Crippen LogP contribution in [0.4, 0.5) is 14.9 Å². The Morgan fingerprint density at radius 2 is 1.97 bits per heavy atom. The van der Waals surface area contributed by atoms with E-state index in [9.17, 15) is 23.6 Å². The minimum atomic E-state index is -0.840. The first-order valence-electron chi connectivity index (χ1n) is 11.7. The Morgan fingerprint density at radius 3 is 2.70 bits per heavy atom. The van der Waals surface area contributed by atoms with Crippen molar-refractivity contribution in [1.29, 1.82) is 0 Å². The van der Waals surface area contributed by atoms with Crippen molar-refractivity contribution in [1.82, 2.24) is 15.2 Å². The van der Waals surface area contributed by atoms with Gasteiger partial charge in [0.1, 0.15) is 18.5 Å². The van der Waals surface area contributed by atoms with Gasteiger partial charge in [-0.15, -0.1) is 0 Å². The van der Waals surface area contributed by atoms with E-state index in [1.807, 2.05) is 31.2 Å². The molecule has 1 unspecified atom stereocenters. The highest BCUT2D eigenvalue weighted by atomic mass is 19.1. The molecule has 0 aliphatic carbocycles. The Balaban J connectivity index is 1.21. The van der Waals surface area contributed by atoms with Crippen molar-refractivity contribution in [2.75, 3.05) is 5.32 Å². The molecule has 1 saturated heterocycles. The van der Waals surface area contributed by atoms with Gasteiger partial charge in [0, 0.05) is 23.1 Å². The summed E-state index contributed by atoms with van der Waals surface area (Å²) in [5, 5.41) is 4.79. The Labute approximate surface area is 211 Å². The van der Waals surface area contributed by atoms with Crippen LogP contribution in [-0.4, -0.2) is 39.7 Å². The number of carbonyl (C=O) groups excluding carboxylic acids is 4. The average Bonchev–Trinajstić information content (AvgIpc) is 3.20. The zero-order chi connectivity index (χ0) is 26.1. The molecule has 5 rings (SSSR count). The zero-order valence-corrected chi connectivity index (χ0v) is 19.9. The lowest BCUT2D eigenvalue weighted by Crippen LogP contribution is -2.52. The molecule has 3 heterocycles. The van der Waals surface area contributed by atoms with E-state index in [0.717, 1.165) is 16.8 Å². The number of halogens is 1. The standard InChI is InChI=1S/C27H23FN4O5/c1-15-4-2-3-5-18(15)22-7-6-17(12-29-22)30-27(36)37-14-16-10-19-20(21(28)11-16)13-32(26(19)35)23-8-9-24(33)31-25(23)34/h2-7,10-12,23H,8-9,13-14H2,1H3,(H,30,36)(H,31,33,34). The van der Waals surface area contributed by atoms with E-state index in [2.05, 4.69) is 15.6 Å². The first-order valence-corrected chi connectivity index (χ1v) is 11.7. The van der Waals surface area contributed by atoms with Crippen molar-refractivity contribution >= 4 is 29.5 Å². The van der Waals surface area contributed by atoms with E-state index in [1.54, 1.807) is 12.1 Å². The number of nitrogens with zero attached hydrogens (tertiary/aromatic N) is 2. The summed E-state index contributed by atoms with van der Waals surface area (Å²) in [6.07, 6.45) is 1.04. The molecule has 3 aromatic rings. The number of fused-ring (bicyclic) bond motifs is 1. The van der Waals surface area contributed by atoms with Crippen LogP contribution in [0.25, 0.3) is 11.3 Å². The van der Waals surface area contributed by atoms with Gasteiger partial charge in [-0.25, -0.2) is 9.18 Å². The second kappa shape index (κ2) is 9.81. The molecule has 9 nitrogen and oxygen atoms in total. The summed E-state index contributed by atoms with van der Waals surface area (Å²) < 4.78 is 20.0. The van der Waals surface area contributed by atoms with Crippen LogP contribution in [0.15, 0.2) is 54.7 Å². The number of nitrogens with one attached hydrogen (secondary N) is 2. The van der Waals surface area contributed by atoms with Crippen LogP contribution >= 0.6 is 0 Å². The summed E-state index contributed by atoms with van der Waals surface area (Å²) in [6, 6.07) is 13.1. The molecule has 0 spiro atoms. The lowest BCUT2D eigenvalue weighted by atomic mass is 10.0. The number of benzene rings is 2. The number of imide groups is 1. The summed E-state index contributed by atoms with van der Waals surface area (Å²) in [5.74, 6) is -2.10. The minimum Gasteiger partial charge on any atom is -0.444 e. The number of hydrogen-bond acceptors (Lipinski definition) is 6. The SMILES string of the molecule is Cc1ccccc1-c1ccc(NC(=O)OCc2cc(F)c3c(c2)C(=O)N(C2CCC(=O)NC2=O)C3)cn1. The molecule has 1 atom stereocenters. The highest BCUT2D eigenvalue weighted by Crippen LogP contribution is 2.30. The van der Waals surface area contributed by atoms with Crippen molar-refractivity contribution in [3.05, 3.63) is 82.8 Å². The second-order valence-electron chi connectivity index (χ2n) is 8.95. The fourth-order valence-electron chi connectivity index (χ4n) is 4.55. The molecule has 1 aromatic heterocycles. The molecule has 2 aliphatic rings. The Bertz CT molecular complexity index is 1420. The molecular weight excluding hydrogens is 479 g/mol.